The molecule has 2 aromatic rings. The summed E-state index contributed by atoms with van der Waals surface area (Å²) in [5.41, 5.74) is 0. The first-order valence-electron chi connectivity index (χ1n) is 7.16. The third-order valence-electron chi connectivity index (χ3n) is 3.43. The maximum Gasteiger partial charge on any atom is 0.292 e. The van der Waals surface area contributed by atoms with Gasteiger partial charge in [0.15, 0.2) is 0 Å². The fourth-order valence-electron chi connectivity index (χ4n) is 2.34. The molecule has 3 rings (SSSR count). The van der Waals surface area contributed by atoms with Crippen LogP contribution in [0.3, 0.4) is 0 Å². The molecule has 1 atom stereocenters. The van der Waals surface area contributed by atoms with Crippen molar-refractivity contribution in [3.8, 4) is 0 Å². The summed E-state index contributed by atoms with van der Waals surface area (Å²) in [5.74, 6) is 1.20. The highest BCUT2D eigenvalue weighted by Crippen LogP contribution is 2.20. The average Bonchev–Trinajstić information content (AvgIpc) is 3.25. The number of H-pyrrole nitrogens is 1. The van der Waals surface area contributed by atoms with Gasteiger partial charge in [-0.05, 0) is 25.8 Å². The van der Waals surface area contributed by atoms with Crippen LogP contribution in [0.1, 0.15) is 47.6 Å². The lowest BCUT2D eigenvalue weighted by Gasteiger charge is -2.02. The molecule has 1 amide bonds. The Morgan fingerprint density at radius 2 is 2.48 bits per heavy atom. The van der Waals surface area contributed by atoms with Gasteiger partial charge in [-0.3, -0.25) is 4.79 Å². The number of aryl methyl sites for hydroxylation is 1. The lowest BCUT2D eigenvalue weighted by Crippen LogP contribution is -2.26. The monoisotopic (exact) mass is 290 g/mol. The number of imidazole rings is 1. The number of aromatic amines is 1. The van der Waals surface area contributed by atoms with Gasteiger partial charge in [0.25, 0.3) is 11.7 Å². The van der Waals surface area contributed by atoms with Crippen molar-refractivity contribution in [3.05, 3.63) is 29.9 Å². The van der Waals surface area contributed by atoms with Gasteiger partial charge in [-0.25, -0.2) is 4.98 Å². The molecule has 8 heteroatoms. The Labute approximate surface area is 121 Å². The maximum atomic E-state index is 11.9. The quantitative estimate of drug-likeness (QED) is 0.671. The zero-order chi connectivity index (χ0) is 14.5. The highest BCUT2D eigenvalue weighted by atomic mass is 16.5. The Hall–Kier alpha value is -2.22. The molecular weight excluding hydrogens is 272 g/mol. The lowest BCUT2D eigenvalue weighted by atomic mass is 10.2. The van der Waals surface area contributed by atoms with Gasteiger partial charge in [0.1, 0.15) is 5.82 Å². The molecule has 0 spiro atoms. The van der Waals surface area contributed by atoms with E-state index in [9.17, 15) is 4.79 Å². The zero-order valence-corrected chi connectivity index (χ0v) is 11.6. The number of hydrogen-bond acceptors (Lipinski definition) is 6. The Balaban J connectivity index is 1.44. The van der Waals surface area contributed by atoms with Crippen LogP contribution in [0.2, 0.25) is 0 Å². The van der Waals surface area contributed by atoms with Crippen LogP contribution >= 0.6 is 0 Å². The lowest BCUT2D eigenvalue weighted by molar-refractivity contribution is 0.0940. The smallest absolute Gasteiger partial charge is 0.292 e. The number of carbonyl (C=O) groups excluding carboxylic acids is 1. The minimum absolute atomic E-state index is 0.0815. The first kappa shape index (κ1) is 13.7. The van der Waals surface area contributed by atoms with Crippen molar-refractivity contribution in [3.63, 3.8) is 0 Å². The van der Waals surface area contributed by atoms with Gasteiger partial charge in [0, 0.05) is 25.4 Å². The van der Waals surface area contributed by atoms with Gasteiger partial charge in [0.2, 0.25) is 5.89 Å². The zero-order valence-electron chi connectivity index (χ0n) is 11.6. The molecule has 1 fully saturated rings. The fraction of sp³-hybridized carbons (Fsp3) is 0.538. The van der Waals surface area contributed by atoms with Crippen LogP contribution in [0.5, 0.6) is 0 Å². The van der Waals surface area contributed by atoms with Crippen molar-refractivity contribution in [1.82, 2.24) is 30.7 Å². The van der Waals surface area contributed by atoms with Crippen LogP contribution in [-0.4, -0.2) is 39.1 Å². The largest absolute Gasteiger partial charge is 0.349 e. The Morgan fingerprint density at radius 3 is 3.24 bits per heavy atom. The Morgan fingerprint density at radius 1 is 1.52 bits per heavy atom. The van der Waals surface area contributed by atoms with Crippen molar-refractivity contribution < 1.29 is 9.32 Å². The van der Waals surface area contributed by atoms with E-state index in [0.29, 0.717) is 12.4 Å². The van der Waals surface area contributed by atoms with E-state index in [-0.39, 0.29) is 17.8 Å². The number of aromatic nitrogens is 4. The molecule has 21 heavy (non-hydrogen) atoms. The molecular formula is C13H18N6O2. The van der Waals surface area contributed by atoms with Gasteiger partial charge < -0.3 is 20.1 Å². The minimum Gasteiger partial charge on any atom is -0.349 e. The molecule has 0 aromatic carbocycles. The molecule has 0 radical (unpaired) electrons. The van der Waals surface area contributed by atoms with Crippen molar-refractivity contribution in [2.24, 2.45) is 0 Å². The van der Waals surface area contributed by atoms with E-state index in [1.165, 1.54) is 0 Å². The van der Waals surface area contributed by atoms with E-state index in [1.54, 1.807) is 12.4 Å². The van der Waals surface area contributed by atoms with E-state index < -0.39 is 0 Å². The summed E-state index contributed by atoms with van der Waals surface area (Å²) in [6.07, 6.45) is 7.14. The summed E-state index contributed by atoms with van der Waals surface area (Å²) in [6.45, 7) is 1.49. The van der Waals surface area contributed by atoms with E-state index in [4.69, 9.17) is 4.52 Å². The van der Waals surface area contributed by atoms with Crippen molar-refractivity contribution in [2.45, 2.75) is 31.7 Å². The molecule has 3 N–H and O–H groups in total. The summed E-state index contributed by atoms with van der Waals surface area (Å²) in [5, 5.41) is 9.77. The second-order valence-electron chi connectivity index (χ2n) is 5.00. The van der Waals surface area contributed by atoms with Crippen LogP contribution in [-0.2, 0) is 6.42 Å². The van der Waals surface area contributed by atoms with E-state index in [0.717, 1.165) is 38.1 Å². The second kappa shape index (κ2) is 6.49. The molecule has 3 heterocycles. The van der Waals surface area contributed by atoms with Gasteiger partial charge >= 0.3 is 0 Å². The Bertz CT molecular complexity index is 573. The van der Waals surface area contributed by atoms with E-state index in [1.807, 2.05) is 0 Å². The number of nitrogens with zero attached hydrogens (tertiary/aromatic N) is 3. The highest BCUT2D eigenvalue weighted by Gasteiger charge is 2.24. The van der Waals surface area contributed by atoms with Crippen LogP contribution in [0, 0.1) is 0 Å². The molecule has 1 saturated heterocycles. The van der Waals surface area contributed by atoms with Crippen molar-refractivity contribution >= 4 is 5.91 Å². The molecule has 1 unspecified atom stereocenters. The number of amides is 1. The third kappa shape index (κ3) is 3.46. The minimum atomic E-state index is -0.303. The molecule has 1 aliphatic rings. The molecule has 2 aromatic heterocycles. The summed E-state index contributed by atoms with van der Waals surface area (Å²) < 4.78 is 5.14. The predicted octanol–water partition coefficient (Wildman–Crippen LogP) is 0.580. The Kier molecular flexibility index (Phi) is 4.25. The standard InChI is InChI=1S/C13H18N6O2/c20-12(17-6-2-4-10-15-7-8-16-10)11-18-13(21-19-11)9-3-1-5-14-9/h7-9,14H,1-6H2,(H,15,16)(H,17,20). The third-order valence-corrected chi connectivity index (χ3v) is 3.43. The SMILES string of the molecule is O=C(NCCCc1ncc[nH]1)c1noc(C2CCCN2)n1. The second-order valence-corrected chi connectivity index (χ2v) is 5.00. The summed E-state index contributed by atoms with van der Waals surface area (Å²) in [6, 6.07) is 0.0815. The molecule has 8 nitrogen and oxygen atoms in total. The van der Waals surface area contributed by atoms with Crippen LogP contribution in [0.25, 0.3) is 0 Å². The summed E-state index contributed by atoms with van der Waals surface area (Å²) in [4.78, 5) is 23.2. The van der Waals surface area contributed by atoms with E-state index in [2.05, 4.69) is 30.7 Å². The van der Waals surface area contributed by atoms with Crippen LogP contribution < -0.4 is 10.6 Å². The van der Waals surface area contributed by atoms with Crippen LogP contribution in [0.4, 0.5) is 0 Å². The number of nitrogens with one attached hydrogen (secondary N) is 3. The van der Waals surface area contributed by atoms with Crippen molar-refractivity contribution in [2.75, 3.05) is 13.1 Å². The molecule has 0 bridgehead atoms. The van der Waals surface area contributed by atoms with Crippen molar-refractivity contribution in [1.29, 1.82) is 0 Å². The summed E-state index contributed by atoms with van der Waals surface area (Å²) in [7, 11) is 0. The molecule has 0 aliphatic carbocycles. The van der Waals surface area contributed by atoms with Gasteiger partial charge in [-0.1, -0.05) is 5.16 Å². The number of carbonyl (C=O) groups is 1. The number of hydrogen-bond donors (Lipinski definition) is 3. The van der Waals surface area contributed by atoms with E-state index >= 15 is 0 Å². The van der Waals surface area contributed by atoms with Crippen LogP contribution in [0.15, 0.2) is 16.9 Å². The first-order valence-corrected chi connectivity index (χ1v) is 7.16. The number of rotatable bonds is 6. The molecule has 1 aliphatic heterocycles. The molecule has 112 valence electrons. The average molecular weight is 290 g/mol. The van der Waals surface area contributed by atoms with Gasteiger partial charge in [-0.15, -0.1) is 0 Å². The topological polar surface area (TPSA) is 109 Å². The normalized spacial score (nSPS) is 18.0. The first-order chi connectivity index (χ1) is 10.3. The summed E-state index contributed by atoms with van der Waals surface area (Å²) >= 11 is 0. The fourth-order valence-corrected chi connectivity index (χ4v) is 2.34. The molecule has 0 saturated carbocycles. The predicted molar refractivity (Wildman–Crippen MR) is 73.5 cm³/mol. The van der Waals surface area contributed by atoms with Gasteiger partial charge in [-0.2, -0.15) is 4.98 Å². The highest BCUT2D eigenvalue weighted by molar-refractivity contribution is 5.90. The van der Waals surface area contributed by atoms with Gasteiger partial charge in [0.05, 0.1) is 6.04 Å². The maximum absolute atomic E-state index is 11.9.